The first kappa shape index (κ1) is 76.6. The lowest BCUT2D eigenvalue weighted by Crippen LogP contribution is -2.15. The lowest BCUT2D eigenvalue weighted by Gasteiger charge is -2.03. The Labute approximate surface area is 385 Å². The molecule has 0 radical (unpaired) electrons. The molecule has 0 fully saturated rings. The number of aliphatic hydroxyl groups is 15. The van der Waals surface area contributed by atoms with Crippen molar-refractivity contribution in [2.24, 2.45) is 0 Å². The third-order valence-corrected chi connectivity index (χ3v) is 8.60. The van der Waals surface area contributed by atoms with Gasteiger partial charge in [-0.05, 0) is 12.8 Å². The zero-order chi connectivity index (χ0) is 50.5. The van der Waals surface area contributed by atoms with Crippen molar-refractivity contribution in [3.05, 3.63) is 0 Å². The van der Waals surface area contributed by atoms with Crippen molar-refractivity contribution >= 4 is 11.9 Å². The van der Waals surface area contributed by atoms with Crippen molar-refractivity contribution < 1.29 is 96.4 Å². The van der Waals surface area contributed by atoms with E-state index in [9.17, 15) is 9.59 Å². The lowest BCUT2D eigenvalue weighted by molar-refractivity contribution is -0.138. The minimum Gasteiger partial charge on any atom is -0.481 e. The first-order chi connectivity index (χ1) is 30.6. The first-order valence-corrected chi connectivity index (χ1v) is 23.5. The number of carbonyl (C=O) groups is 2. The Kier molecular flexibility index (Phi) is 87.3. The van der Waals surface area contributed by atoms with Gasteiger partial charge in [-0.25, -0.2) is 0 Å². The molecule has 19 heteroatoms. The van der Waals surface area contributed by atoms with Crippen LogP contribution in [-0.2, 0) is 9.59 Å². The molecule has 64 heavy (non-hydrogen) atoms. The molecule has 0 spiro atoms. The van der Waals surface area contributed by atoms with E-state index >= 15 is 0 Å². The molecule has 19 nitrogen and oxygen atoms in total. The summed E-state index contributed by atoms with van der Waals surface area (Å²) in [5.41, 5.74) is 0. The van der Waals surface area contributed by atoms with E-state index in [0.717, 1.165) is 25.7 Å². The first-order valence-electron chi connectivity index (χ1n) is 23.5. The number of aliphatic carboxylic acids is 2. The number of hydrogen-bond acceptors (Lipinski definition) is 17. The average Bonchev–Trinajstić information content (AvgIpc) is 3.31. The number of rotatable bonds is 36. The number of carboxylic acid groups (broad SMARTS) is 2. The van der Waals surface area contributed by atoms with Gasteiger partial charge in [-0.1, -0.05) is 155 Å². The van der Waals surface area contributed by atoms with Crippen LogP contribution >= 0.6 is 0 Å². The van der Waals surface area contributed by atoms with Crippen LogP contribution in [0.4, 0.5) is 0 Å². The maximum atomic E-state index is 10.3. The quantitative estimate of drug-likeness (QED) is 0.0399. The average molecular weight is 945 g/mol. The van der Waals surface area contributed by atoms with Crippen LogP contribution in [-0.4, -0.2) is 195 Å². The van der Waals surface area contributed by atoms with Gasteiger partial charge in [0.1, 0.15) is 30.5 Å². The fraction of sp³-hybridized carbons (Fsp3) is 0.956. The second-order valence-corrected chi connectivity index (χ2v) is 15.2. The van der Waals surface area contributed by atoms with E-state index in [1.807, 2.05) is 0 Å². The molecule has 0 aliphatic rings. The Bertz CT molecular complexity index is 723. The van der Waals surface area contributed by atoms with Crippen LogP contribution < -0.4 is 0 Å². The minimum absolute atomic E-state index is 0.343. The topological polar surface area (TPSA) is 378 Å². The predicted molar refractivity (Wildman–Crippen MR) is 248 cm³/mol. The van der Waals surface area contributed by atoms with Crippen LogP contribution in [0.1, 0.15) is 181 Å². The number of hydrogen-bond donors (Lipinski definition) is 17. The fourth-order valence-electron chi connectivity index (χ4n) is 4.52. The molecule has 0 unspecified atom stereocenters. The summed E-state index contributed by atoms with van der Waals surface area (Å²) in [6.45, 7) is 0.852. The summed E-state index contributed by atoms with van der Waals surface area (Å²) in [6.07, 6.45) is 26.9. The molecule has 0 amide bonds. The molecule has 394 valence electrons. The summed E-state index contributed by atoms with van der Waals surface area (Å²) in [7, 11) is 0. The lowest BCUT2D eigenvalue weighted by atomic mass is 10.0. The van der Waals surface area contributed by atoms with Crippen molar-refractivity contribution in [2.45, 2.75) is 211 Å². The summed E-state index contributed by atoms with van der Waals surface area (Å²) in [5, 5.41) is 137. The highest BCUT2D eigenvalue weighted by Crippen LogP contribution is 2.14. The van der Waals surface area contributed by atoms with Gasteiger partial charge in [0, 0.05) is 12.8 Å². The second-order valence-electron chi connectivity index (χ2n) is 15.2. The molecule has 0 heterocycles. The summed E-state index contributed by atoms with van der Waals surface area (Å²) in [5.74, 6) is -1.31. The van der Waals surface area contributed by atoms with Crippen LogP contribution in [0.15, 0.2) is 0 Å². The van der Waals surface area contributed by atoms with Crippen molar-refractivity contribution in [3.8, 4) is 0 Å². The van der Waals surface area contributed by atoms with Gasteiger partial charge in [0.2, 0.25) is 0 Å². The number of aliphatic hydroxyl groups excluding tert-OH is 15. The van der Waals surface area contributed by atoms with Gasteiger partial charge < -0.3 is 86.8 Å². The molecule has 0 rings (SSSR count). The van der Waals surface area contributed by atoms with E-state index in [2.05, 4.69) is 13.8 Å². The van der Waals surface area contributed by atoms with Crippen LogP contribution in [0.5, 0.6) is 0 Å². The SMILES string of the molecule is CCCCCCCCCCCC(=O)O.CCCCCCCCCCCCCCCCCC(=O)O.OCC(O)CO.OCC(O)CO.OCC(O)CO.OCC(O)CO.OCC(O)CO. The molecule has 0 saturated heterocycles. The number of carboxylic acids is 2. The van der Waals surface area contributed by atoms with E-state index in [-0.39, 0.29) is 66.1 Å². The largest absolute Gasteiger partial charge is 0.481 e. The van der Waals surface area contributed by atoms with Crippen molar-refractivity contribution in [1.82, 2.24) is 0 Å². The van der Waals surface area contributed by atoms with Crippen LogP contribution in [0, 0.1) is 0 Å². The maximum Gasteiger partial charge on any atom is 0.303 e. The molecule has 0 saturated carbocycles. The van der Waals surface area contributed by atoms with Gasteiger partial charge in [-0.15, -0.1) is 0 Å². The molecule has 0 aromatic carbocycles. The highest BCUT2D eigenvalue weighted by Gasteiger charge is 1.99. The highest BCUT2D eigenvalue weighted by atomic mass is 16.4. The van der Waals surface area contributed by atoms with Crippen LogP contribution in [0.2, 0.25) is 0 Å². The van der Waals surface area contributed by atoms with Crippen LogP contribution in [0.3, 0.4) is 0 Å². The van der Waals surface area contributed by atoms with Crippen molar-refractivity contribution in [2.75, 3.05) is 66.1 Å². The summed E-state index contributed by atoms with van der Waals surface area (Å²) < 4.78 is 0. The van der Waals surface area contributed by atoms with Crippen molar-refractivity contribution in [3.63, 3.8) is 0 Å². The third kappa shape index (κ3) is 98.9. The Morgan fingerprint density at radius 2 is 0.391 bits per heavy atom. The normalized spacial score (nSPS) is 10.3. The monoisotopic (exact) mass is 945 g/mol. The number of unbranched alkanes of at least 4 members (excludes halogenated alkanes) is 22. The van der Waals surface area contributed by atoms with E-state index in [1.165, 1.54) is 128 Å². The zero-order valence-corrected chi connectivity index (χ0v) is 39.8. The van der Waals surface area contributed by atoms with E-state index < -0.39 is 42.5 Å². The highest BCUT2D eigenvalue weighted by molar-refractivity contribution is 5.66. The Hall–Kier alpha value is -1.66. The molecule has 0 bridgehead atoms. The van der Waals surface area contributed by atoms with Gasteiger partial charge in [-0.3, -0.25) is 9.59 Å². The molecule has 0 aliphatic heterocycles. The Morgan fingerprint density at radius 3 is 0.484 bits per heavy atom. The molecular weight excluding hydrogens is 844 g/mol. The van der Waals surface area contributed by atoms with E-state index in [1.54, 1.807) is 0 Å². The van der Waals surface area contributed by atoms with Gasteiger partial charge >= 0.3 is 11.9 Å². The molecule has 0 atom stereocenters. The van der Waals surface area contributed by atoms with Crippen LogP contribution in [0.25, 0.3) is 0 Å². The van der Waals surface area contributed by atoms with Gasteiger partial charge in [-0.2, -0.15) is 0 Å². The predicted octanol–water partition coefficient (Wildman–Crippen LogP) is 1.98. The molecule has 17 N–H and O–H groups in total. The molecular formula is C45H100O19. The summed E-state index contributed by atoms with van der Waals surface area (Å²) in [4.78, 5) is 20.5. The smallest absolute Gasteiger partial charge is 0.303 e. The summed E-state index contributed by atoms with van der Waals surface area (Å²) in [6, 6.07) is 0. The summed E-state index contributed by atoms with van der Waals surface area (Å²) >= 11 is 0. The maximum absolute atomic E-state index is 10.3. The minimum atomic E-state index is -0.954. The Morgan fingerprint density at radius 1 is 0.266 bits per heavy atom. The molecule has 0 aliphatic carbocycles. The zero-order valence-electron chi connectivity index (χ0n) is 39.8. The fourth-order valence-corrected chi connectivity index (χ4v) is 4.52. The van der Waals surface area contributed by atoms with Gasteiger partial charge in [0.25, 0.3) is 0 Å². The van der Waals surface area contributed by atoms with E-state index in [0.29, 0.717) is 12.8 Å². The van der Waals surface area contributed by atoms with Gasteiger partial charge in [0.05, 0.1) is 66.1 Å². The van der Waals surface area contributed by atoms with Crippen molar-refractivity contribution in [1.29, 1.82) is 0 Å². The third-order valence-electron chi connectivity index (χ3n) is 8.60. The van der Waals surface area contributed by atoms with Gasteiger partial charge in [0.15, 0.2) is 0 Å². The molecule has 0 aromatic rings. The van der Waals surface area contributed by atoms with E-state index in [4.69, 9.17) is 86.8 Å². The molecule has 0 aromatic heterocycles. The Balaban J connectivity index is -0.000000128. The standard InChI is InChI=1S/C18H36O2.C12H24O2.5C3H8O3/c1-2-3-4-5-6-7-8-9-10-11-12-13-14-15-16-17-18(19)20;1-2-3-4-5-6-7-8-9-10-11-12(13)14;5*4-1-3(6)2-5/h2-17H2,1H3,(H,19,20);2-11H2,1H3,(H,13,14);5*3-6H,1-2H2. The second kappa shape index (κ2) is 72.9.